The highest BCUT2D eigenvalue weighted by Crippen LogP contribution is 2.32. The van der Waals surface area contributed by atoms with Crippen molar-refractivity contribution in [2.45, 2.75) is 6.04 Å². The smallest absolute Gasteiger partial charge is 0.267 e. The fourth-order valence-electron chi connectivity index (χ4n) is 2.22. The van der Waals surface area contributed by atoms with Gasteiger partial charge in [-0.25, -0.2) is 9.97 Å². The van der Waals surface area contributed by atoms with Crippen LogP contribution in [-0.4, -0.2) is 52.5 Å². The van der Waals surface area contributed by atoms with Gasteiger partial charge in [0, 0.05) is 18.9 Å². The number of amides is 2. The summed E-state index contributed by atoms with van der Waals surface area (Å²) in [5, 5.41) is 0. The third kappa shape index (κ3) is 2.30. The SMILES string of the molecule is NC(=O)C1COCCN1C(=O)c1sc2nccnc2c1N. The van der Waals surface area contributed by atoms with Crippen LogP contribution in [0.4, 0.5) is 5.69 Å². The van der Waals surface area contributed by atoms with Gasteiger partial charge in [0.1, 0.15) is 21.3 Å². The fraction of sp³-hybridized carbons (Fsp3) is 0.333. The third-order valence-corrected chi connectivity index (χ3v) is 4.37. The van der Waals surface area contributed by atoms with Crippen LogP contribution in [0.2, 0.25) is 0 Å². The molecule has 4 N–H and O–H groups in total. The van der Waals surface area contributed by atoms with E-state index in [-0.39, 0.29) is 18.2 Å². The lowest BCUT2D eigenvalue weighted by atomic mass is 10.2. The molecule has 2 aromatic rings. The van der Waals surface area contributed by atoms with E-state index in [0.717, 1.165) is 11.3 Å². The second-order valence-corrected chi connectivity index (χ2v) is 5.55. The Labute approximate surface area is 123 Å². The molecule has 2 aromatic heterocycles. The first-order valence-corrected chi connectivity index (χ1v) is 7.08. The van der Waals surface area contributed by atoms with E-state index in [1.54, 1.807) is 0 Å². The molecule has 0 aromatic carbocycles. The standard InChI is InChI=1S/C12H13N5O3S/c13-7-8-11(16-2-1-15-8)21-9(7)12(19)17-3-4-20-5-6(17)10(14)18/h1-2,6H,3-5,13H2,(H2,14,18). The molecule has 0 radical (unpaired) electrons. The molecule has 21 heavy (non-hydrogen) atoms. The van der Waals surface area contributed by atoms with Gasteiger partial charge in [0.05, 0.1) is 18.9 Å². The maximum atomic E-state index is 12.6. The predicted octanol–water partition coefficient (Wildman–Crippen LogP) is -0.400. The quantitative estimate of drug-likeness (QED) is 0.778. The number of thiophene rings is 1. The van der Waals surface area contributed by atoms with E-state index in [2.05, 4.69) is 9.97 Å². The van der Waals surface area contributed by atoms with Gasteiger partial charge in [-0.3, -0.25) is 9.59 Å². The van der Waals surface area contributed by atoms with Gasteiger partial charge >= 0.3 is 0 Å². The minimum Gasteiger partial charge on any atom is -0.396 e. The van der Waals surface area contributed by atoms with Crippen molar-refractivity contribution in [2.75, 3.05) is 25.5 Å². The lowest BCUT2D eigenvalue weighted by Crippen LogP contribution is -2.54. The Morgan fingerprint density at radius 2 is 2.14 bits per heavy atom. The highest BCUT2D eigenvalue weighted by atomic mass is 32.1. The molecule has 0 bridgehead atoms. The van der Waals surface area contributed by atoms with Gasteiger partial charge in [-0.1, -0.05) is 0 Å². The van der Waals surface area contributed by atoms with Crippen LogP contribution in [0, 0.1) is 0 Å². The molecular weight excluding hydrogens is 294 g/mol. The monoisotopic (exact) mass is 307 g/mol. The fourth-order valence-corrected chi connectivity index (χ4v) is 3.19. The molecule has 1 fully saturated rings. The van der Waals surface area contributed by atoms with Crippen LogP contribution in [0.5, 0.6) is 0 Å². The number of nitrogens with two attached hydrogens (primary N) is 2. The Morgan fingerprint density at radius 1 is 1.38 bits per heavy atom. The van der Waals surface area contributed by atoms with Crippen molar-refractivity contribution in [3.8, 4) is 0 Å². The first kappa shape index (κ1) is 13.7. The summed E-state index contributed by atoms with van der Waals surface area (Å²) in [7, 11) is 0. The molecule has 1 atom stereocenters. The van der Waals surface area contributed by atoms with Crippen LogP contribution >= 0.6 is 11.3 Å². The zero-order chi connectivity index (χ0) is 15.0. The molecule has 0 spiro atoms. The molecule has 1 aliphatic heterocycles. The highest BCUT2D eigenvalue weighted by molar-refractivity contribution is 7.21. The molecule has 1 aliphatic rings. The Morgan fingerprint density at radius 3 is 2.86 bits per heavy atom. The van der Waals surface area contributed by atoms with Crippen molar-refractivity contribution < 1.29 is 14.3 Å². The average Bonchev–Trinajstić information content (AvgIpc) is 2.84. The van der Waals surface area contributed by atoms with Crippen molar-refractivity contribution in [3.05, 3.63) is 17.3 Å². The second kappa shape index (κ2) is 5.26. The van der Waals surface area contributed by atoms with Crippen LogP contribution in [0.1, 0.15) is 9.67 Å². The largest absolute Gasteiger partial charge is 0.396 e. The molecular formula is C12H13N5O3S. The minimum absolute atomic E-state index is 0.0996. The molecule has 0 saturated carbocycles. The number of aromatic nitrogens is 2. The molecule has 1 saturated heterocycles. The van der Waals surface area contributed by atoms with E-state index in [1.165, 1.54) is 17.3 Å². The summed E-state index contributed by atoms with van der Waals surface area (Å²) in [6, 6.07) is -0.781. The van der Waals surface area contributed by atoms with Gasteiger partial charge in [0.15, 0.2) is 0 Å². The number of fused-ring (bicyclic) bond motifs is 1. The summed E-state index contributed by atoms with van der Waals surface area (Å²) >= 11 is 1.16. The van der Waals surface area contributed by atoms with Gasteiger partial charge < -0.3 is 21.1 Å². The van der Waals surface area contributed by atoms with E-state index in [4.69, 9.17) is 16.2 Å². The Bertz CT molecular complexity index is 716. The summed E-state index contributed by atoms with van der Waals surface area (Å²) in [5.41, 5.74) is 12.1. The molecule has 8 nitrogen and oxygen atoms in total. The van der Waals surface area contributed by atoms with Crippen molar-refractivity contribution in [2.24, 2.45) is 5.73 Å². The molecule has 9 heteroatoms. The van der Waals surface area contributed by atoms with E-state index in [9.17, 15) is 9.59 Å². The molecule has 0 aliphatic carbocycles. The van der Waals surface area contributed by atoms with Crippen molar-refractivity contribution in [1.82, 2.24) is 14.9 Å². The van der Waals surface area contributed by atoms with Crippen LogP contribution < -0.4 is 11.5 Å². The molecule has 1 unspecified atom stereocenters. The third-order valence-electron chi connectivity index (χ3n) is 3.28. The van der Waals surface area contributed by atoms with Gasteiger partial charge in [-0.2, -0.15) is 0 Å². The number of anilines is 1. The lowest BCUT2D eigenvalue weighted by Gasteiger charge is -2.33. The second-order valence-electron chi connectivity index (χ2n) is 4.55. The van der Waals surface area contributed by atoms with Crippen LogP contribution in [0.15, 0.2) is 12.4 Å². The van der Waals surface area contributed by atoms with Gasteiger partial charge in [0.25, 0.3) is 5.91 Å². The molecule has 3 heterocycles. The zero-order valence-electron chi connectivity index (χ0n) is 11.0. The highest BCUT2D eigenvalue weighted by Gasteiger charge is 2.34. The first-order chi connectivity index (χ1) is 10.1. The van der Waals surface area contributed by atoms with Crippen LogP contribution in [0.25, 0.3) is 10.3 Å². The number of ether oxygens (including phenoxy) is 1. The summed E-state index contributed by atoms with van der Waals surface area (Å²) in [5.74, 6) is -0.941. The number of carbonyl (C=O) groups excluding carboxylic acids is 2. The Hall–Kier alpha value is -2.26. The maximum Gasteiger partial charge on any atom is 0.267 e. The zero-order valence-corrected chi connectivity index (χ0v) is 11.8. The van der Waals surface area contributed by atoms with E-state index in [1.807, 2.05) is 0 Å². The van der Waals surface area contributed by atoms with Crippen LogP contribution in [-0.2, 0) is 9.53 Å². The van der Waals surface area contributed by atoms with Crippen molar-refractivity contribution >= 4 is 39.2 Å². The lowest BCUT2D eigenvalue weighted by molar-refractivity contribution is -0.127. The Balaban J connectivity index is 1.99. The van der Waals surface area contributed by atoms with Gasteiger partial charge in [0.2, 0.25) is 5.91 Å². The molecule has 2 amide bonds. The van der Waals surface area contributed by atoms with Crippen molar-refractivity contribution in [3.63, 3.8) is 0 Å². The number of primary amides is 1. The maximum absolute atomic E-state index is 12.6. The van der Waals surface area contributed by atoms with E-state index in [0.29, 0.717) is 28.4 Å². The number of nitrogen functional groups attached to an aromatic ring is 1. The van der Waals surface area contributed by atoms with Gasteiger partial charge in [-0.05, 0) is 0 Å². The molecule has 3 rings (SSSR count). The summed E-state index contributed by atoms with van der Waals surface area (Å²) in [6.45, 7) is 0.750. The van der Waals surface area contributed by atoms with Crippen LogP contribution in [0.3, 0.4) is 0 Å². The van der Waals surface area contributed by atoms with Crippen molar-refractivity contribution in [1.29, 1.82) is 0 Å². The summed E-state index contributed by atoms with van der Waals surface area (Å²) in [4.78, 5) is 34.7. The number of hydrogen-bond acceptors (Lipinski definition) is 7. The average molecular weight is 307 g/mol. The minimum atomic E-state index is -0.781. The number of hydrogen-bond donors (Lipinski definition) is 2. The number of morpholine rings is 1. The normalized spacial score (nSPS) is 18.9. The summed E-state index contributed by atoms with van der Waals surface area (Å²) < 4.78 is 5.20. The topological polar surface area (TPSA) is 124 Å². The first-order valence-electron chi connectivity index (χ1n) is 6.26. The number of nitrogens with zero attached hydrogens (tertiary/aromatic N) is 3. The number of carbonyl (C=O) groups is 2. The van der Waals surface area contributed by atoms with E-state index >= 15 is 0 Å². The van der Waals surface area contributed by atoms with E-state index < -0.39 is 11.9 Å². The van der Waals surface area contributed by atoms with Gasteiger partial charge in [-0.15, -0.1) is 11.3 Å². The Kier molecular flexibility index (Phi) is 3.43. The predicted molar refractivity (Wildman–Crippen MR) is 76.7 cm³/mol. The molecule has 110 valence electrons. The number of rotatable bonds is 2. The summed E-state index contributed by atoms with van der Waals surface area (Å²) in [6.07, 6.45) is 3.05.